The van der Waals surface area contributed by atoms with Crippen molar-refractivity contribution in [2.45, 2.75) is 19.1 Å². The number of nitrogens with one attached hydrogen (secondary N) is 1. The summed E-state index contributed by atoms with van der Waals surface area (Å²) in [6.45, 7) is 2.66. The first-order valence-electron chi connectivity index (χ1n) is 6.59. The Morgan fingerprint density at radius 1 is 1.33 bits per heavy atom. The molecule has 0 saturated heterocycles. The first-order chi connectivity index (χ1) is 10.1. The van der Waals surface area contributed by atoms with Crippen LogP contribution in [0.25, 0.3) is 0 Å². The van der Waals surface area contributed by atoms with Gasteiger partial charge in [0, 0.05) is 28.6 Å². The summed E-state index contributed by atoms with van der Waals surface area (Å²) in [5.41, 5.74) is 0. The van der Waals surface area contributed by atoms with Crippen molar-refractivity contribution in [1.29, 1.82) is 0 Å². The van der Waals surface area contributed by atoms with Gasteiger partial charge in [-0.05, 0) is 30.5 Å². The number of halogens is 2. The minimum absolute atomic E-state index is 0.157. The molecule has 1 heterocycles. The van der Waals surface area contributed by atoms with Gasteiger partial charge >= 0.3 is 0 Å². The molecule has 1 aromatic heterocycles. The molecule has 6 heteroatoms. The third-order valence-corrected chi connectivity index (χ3v) is 4.56. The molecule has 0 bridgehead atoms. The molecule has 2 atom stereocenters. The molecule has 0 aliphatic carbocycles. The summed E-state index contributed by atoms with van der Waals surface area (Å²) in [5.74, 6) is 0.481. The molecule has 2 rings (SSSR count). The van der Waals surface area contributed by atoms with Gasteiger partial charge in [-0.3, -0.25) is 0 Å². The highest BCUT2D eigenvalue weighted by atomic mass is 35.5. The van der Waals surface area contributed by atoms with Gasteiger partial charge < -0.3 is 15.2 Å². The standard InChI is InChI=1S/C15H17Cl2NO2S/c1-10(15-3-2-6-21-15)18-8-12(19)9-20-14-7-11(16)4-5-13(14)17/h2-7,10,12,18-19H,8-9H2,1H3/t10-,12?/m0/s1. The van der Waals surface area contributed by atoms with E-state index in [4.69, 9.17) is 27.9 Å². The lowest BCUT2D eigenvalue weighted by atomic mass is 10.2. The molecule has 0 radical (unpaired) electrons. The fourth-order valence-electron chi connectivity index (χ4n) is 1.78. The van der Waals surface area contributed by atoms with E-state index in [1.54, 1.807) is 29.5 Å². The second-order valence-electron chi connectivity index (χ2n) is 4.68. The molecule has 0 aliphatic heterocycles. The molecule has 0 amide bonds. The first kappa shape index (κ1) is 16.6. The van der Waals surface area contributed by atoms with Crippen molar-refractivity contribution >= 4 is 34.5 Å². The Kier molecular flexibility index (Phi) is 6.33. The van der Waals surface area contributed by atoms with Crippen LogP contribution in [0.5, 0.6) is 5.75 Å². The Balaban J connectivity index is 1.77. The van der Waals surface area contributed by atoms with Gasteiger partial charge in [-0.15, -0.1) is 11.3 Å². The van der Waals surface area contributed by atoms with E-state index in [0.717, 1.165) is 0 Å². The maximum Gasteiger partial charge on any atom is 0.139 e. The molecule has 3 nitrogen and oxygen atoms in total. The summed E-state index contributed by atoms with van der Waals surface area (Å²) in [6.07, 6.45) is -0.623. The van der Waals surface area contributed by atoms with Crippen molar-refractivity contribution in [3.8, 4) is 5.75 Å². The Bertz CT molecular complexity index is 563. The third-order valence-electron chi connectivity index (χ3n) is 2.95. The Morgan fingerprint density at radius 3 is 2.86 bits per heavy atom. The van der Waals surface area contributed by atoms with Gasteiger partial charge in [0.15, 0.2) is 0 Å². The lowest BCUT2D eigenvalue weighted by molar-refractivity contribution is 0.104. The number of aliphatic hydroxyl groups excluding tert-OH is 1. The van der Waals surface area contributed by atoms with Gasteiger partial charge in [0.05, 0.1) is 5.02 Å². The first-order valence-corrected chi connectivity index (χ1v) is 8.22. The van der Waals surface area contributed by atoms with Gasteiger partial charge in [-0.1, -0.05) is 29.3 Å². The fraction of sp³-hybridized carbons (Fsp3) is 0.333. The van der Waals surface area contributed by atoms with Crippen molar-refractivity contribution in [2.75, 3.05) is 13.2 Å². The fourth-order valence-corrected chi connectivity index (χ4v) is 2.88. The number of hydrogen-bond acceptors (Lipinski definition) is 4. The van der Waals surface area contributed by atoms with Gasteiger partial charge in [0.1, 0.15) is 18.5 Å². The summed E-state index contributed by atoms with van der Waals surface area (Å²) >= 11 is 13.6. The lowest BCUT2D eigenvalue weighted by Gasteiger charge is -2.17. The van der Waals surface area contributed by atoms with Crippen molar-refractivity contribution in [3.05, 3.63) is 50.6 Å². The zero-order chi connectivity index (χ0) is 15.2. The second-order valence-corrected chi connectivity index (χ2v) is 6.51. The summed E-state index contributed by atoms with van der Waals surface area (Å²) in [6, 6.07) is 9.28. The van der Waals surface area contributed by atoms with Crippen LogP contribution in [0, 0.1) is 0 Å². The van der Waals surface area contributed by atoms with Gasteiger partial charge in [-0.25, -0.2) is 0 Å². The predicted molar refractivity (Wildman–Crippen MR) is 88.7 cm³/mol. The van der Waals surface area contributed by atoms with Crippen molar-refractivity contribution in [3.63, 3.8) is 0 Å². The molecular formula is C15H17Cl2NO2S. The van der Waals surface area contributed by atoms with Gasteiger partial charge in [0.2, 0.25) is 0 Å². The smallest absolute Gasteiger partial charge is 0.139 e. The SMILES string of the molecule is C[C@H](NCC(O)COc1cc(Cl)ccc1Cl)c1cccs1. The number of thiophene rings is 1. The highest BCUT2D eigenvalue weighted by Gasteiger charge is 2.11. The predicted octanol–water partition coefficient (Wildman–Crippen LogP) is 4.15. The van der Waals surface area contributed by atoms with E-state index in [2.05, 4.69) is 18.3 Å². The zero-order valence-corrected chi connectivity index (χ0v) is 13.9. The topological polar surface area (TPSA) is 41.5 Å². The number of benzene rings is 1. The minimum Gasteiger partial charge on any atom is -0.489 e. The van der Waals surface area contributed by atoms with Crippen LogP contribution in [0.2, 0.25) is 10.0 Å². The maximum atomic E-state index is 9.96. The van der Waals surface area contributed by atoms with Crippen LogP contribution in [0.3, 0.4) is 0 Å². The normalized spacial score (nSPS) is 13.9. The summed E-state index contributed by atoms with van der Waals surface area (Å²) < 4.78 is 5.50. The van der Waals surface area contributed by atoms with Crippen molar-refractivity contribution in [2.24, 2.45) is 0 Å². The average molecular weight is 346 g/mol. The molecule has 114 valence electrons. The van der Waals surface area contributed by atoms with E-state index >= 15 is 0 Å². The highest BCUT2D eigenvalue weighted by molar-refractivity contribution is 7.10. The van der Waals surface area contributed by atoms with Crippen LogP contribution in [0.4, 0.5) is 0 Å². The largest absolute Gasteiger partial charge is 0.489 e. The molecule has 1 unspecified atom stereocenters. The van der Waals surface area contributed by atoms with Crippen LogP contribution < -0.4 is 10.1 Å². The minimum atomic E-state index is -0.623. The van der Waals surface area contributed by atoms with E-state index in [0.29, 0.717) is 22.3 Å². The molecule has 0 aliphatic rings. The third kappa shape index (κ3) is 5.16. The second kappa shape index (κ2) is 8.01. The van der Waals surface area contributed by atoms with E-state index < -0.39 is 6.10 Å². The monoisotopic (exact) mass is 345 g/mol. The lowest BCUT2D eigenvalue weighted by Crippen LogP contribution is -2.32. The molecule has 1 aromatic carbocycles. The van der Waals surface area contributed by atoms with Crippen LogP contribution >= 0.6 is 34.5 Å². The number of hydrogen-bond donors (Lipinski definition) is 2. The molecule has 0 fully saturated rings. The van der Waals surface area contributed by atoms with Crippen molar-refractivity contribution < 1.29 is 9.84 Å². The summed E-state index contributed by atoms with van der Waals surface area (Å²) in [5, 5.41) is 16.3. The Morgan fingerprint density at radius 2 is 2.14 bits per heavy atom. The van der Waals surface area contributed by atoms with E-state index in [-0.39, 0.29) is 12.6 Å². The van der Waals surface area contributed by atoms with Gasteiger partial charge in [-0.2, -0.15) is 0 Å². The number of aliphatic hydroxyl groups is 1. The molecular weight excluding hydrogens is 329 g/mol. The van der Waals surface area contributed by atoms with Crippen LogP contribution in [0.1, 0.15) is 17.8 Å². The molecule has 0 saturated carbocycles. The van der Waals surface area contributed by atoms with Crippen LogP contribution in [0.15, 0.2) is 35.7 Å². The van der Waals surface area contributed by atoms with Gasteiger partial charge in [0.25, 0.3) is 0 Å². The molecule has 2 N–H and O–H groups in total. The summed E-state index contributed by atoms with van der Waals surface area (Å²) in [4.78, 5) is 1.24. The Hall–Kier alpha value is -0.780. The Labute approximate surface area is 138 Å². The van der Waals surface area contributed by atoms with Crippen LogP contribution in [-0.2, 0) is 0 Å². The summed E-state index contributed by atoms with van der Waals surface area (Å²) in [7, 11) is 0. The van der Waals surface area contributed by atoms with E-state index in [9.17, 15) is 5.11 Å². The number of rotatable bonds is 7. The van der Waals surface area contributed by atoms with Crippen molar-refractivity contribution in [1.82, 2.24) is 5.32 Å². The molecule has 0 spiro atoms. The average Bonchev–Trinajstić information content (AvgIpc) is 3.00. The zero-order valence-electron chi connectivity index (χ0n) is 11.6. The molecule has 21 heavy (non-hydrogen) atoms. The van der Waals surface area contributed by atoms with E-state index in [1.807, 2.05) is 11.4 Å². The highest BCUT2D eigenvalue weighted by Crippen LogP contribution is 2.27. The maximum absolute atomic E-state index is 9.96. The van der Waals surface area contributed by atoms with E-state index in [1.165, 1.54) is 4.88 Å². The molecule has 2 aromatic rings. The van der Waals surface area contributed by atoms with Crippen LogP contribution in [-0.4, -0.2) is 24.4 Å². The quantitative estimate of drug-likeness (QED) is 0.792. The number of ether oxygens (including phenoxy) is 1.